The Morgan fingerprint density at radius 1 is 1.50 bits per heavy atom. The Morgan fingerprint density at radius 2 is 2.00 bits per heavy atom. The highest BCUT2D eigenvalue weighted by Gasteiger charge is 1.94. The van der Waals surface area contributed by atoms with Gasteiger partial charge in [-0.2, -0.15) is 0 Å². The van der Waals surface area contributed by atoms with E-state index < -0.39 is 0 Å². The molecule has 0 unspecified atom stereocenters. The van der Waals surface area contributed by atoms with Gasteiger partial charge in [0.1, 0.15) is 0 Å². The summed E-state index contributed by atoms with van der Waals surface area (Å²) in [7, 11) is 0. The summed E-state index contributed by atoms with van der Waals surface area (Å²) in [6.45, 7) is 7.46. The lowest BCUT2D eigenvalue weighted by Gasteiger charge is -2.00. The van der Waals surface area contributed by atoms with Gasteiger partial charge in [0.25, 0.3) is 0 Å². The summed E-state index contributed by atoms with van der Waals surface area (Å²) in [5.74, 6) is 0. The predicted octanol–water partition coefficient (Wildman–Crippen LogP) is 2.70. The highest BCUT2D eigenvalue weighted by Crippen LogP contribution is 2.14. The van der Waals surface area contributed by atoms with Crippen LogP contribution >= 0.6 is 15.9 Å². The molecule has 0 radical (unpaired) electrons. The molecule has 0 aromatic rings. The molecule has 1 nitrogen and oxygen atoms in total. The zero-order valence-electron chi connectivity index (χ0n) is 6.32. The third-order valence-electron chi connectivity index (χ3n) is 1.25. The Hall–Kier alpha value is -0.500. The van der Waals surface area contributed by atoms with Crippen molar-refractivity contribution in [3.63, 3.8) is 0 Å². The van der Waals surface area contributed by atoms with Crippen LogP contribution in [0.3, 0.4) is 0 Å². The van der Waals surface area contributed by atoms with E-state index in [2.05, 4.69) is 22.5 Å². The third-order valence-corrected chi connectivity index (χ3v) is 1.84. The number of halogens is 1. The van der Waals surface area contributed by atoms with Crippen molar-refractivity contribution < 1.29 is 0 Å². The summed E-state index contributed by atoms with van der Waals surface area (Å²) in [5, 5.41) is 0. The highest BCUT2D eigenvalue weighted by atomic mass is 79.9. The summed E-state index contributed by atoms with van der Waals surface area (Å²) in [6, 6.07) is 0. The third kappa shape index (κ3) is 2.87. The molecular formula is C8H12BrN. The van der Waals surface area contributed by atoms with Crippen LogP contribution < -0.4 is 5.73 Å². The molecule has 10 heavy (non-hydrogen) atoms. The second-order valence-corrected chi connectivity index (χ2v) is 3.21. The Balaban J connectivity index is 4.51. The largest absolute Gasteiger partial charge is 0.398 e. The standard InChI is InChI=1S/C8H12BrN/c1-4-5-8(10)6(2)7(3)9/h4-5H,1,10H2,2-3H3/b7-6+,8-5+. The van der Waals surface area contributed by atoms with Gasteiger partial charge in [-0.25, -0.2) is 0 Å². The van der Waals surface area contributed by atoms with Crippen LogP contribution in [0.4, 0.5) is 0 Å². The van der Waals surface area contributed by atoms with E-state index >= 15 is 0 Å². The lowest BCUT2D eigenvalue weighted by molar-refractivity contribution is 1.27. The van der Waals surface area contributed by atoms with E-state index in [0.717, 1.165) is 15.8 Å². The molecular weight excluding hydrogens is 190 g/mol. The molecule has 0 spiro atoms. The molecule has 0 aromatic carbocycles. The van der Waals surface area contributed by atoms with Gasteiger partial charge < -0.3 is 5.73 Å². The summed E-state index contributed by atoms with van der Waals surface area (Å²) in [4.78, 5) is 0. The molecule has 0 aliphatic heterocycles. The molecule has 0 aliphatic carbocycles. The van der Waals surface area contributed by atoms with Crippen LogP contribution in [0.15, 0.2) is 34.5 Å². The summed E-state index contributed by atoms with van der Waals surface area (Å²) in [6.07, 6.45) is 3.45. The molecule has 0 bridgehead atoms. The smallest absolute Gasteiger partial charge is 0.0351 e. The Labute approximate surface area is 70.4 Å². The van der Waals surface area contributed by atoms with Crippen LogP contribution in [0.1, 0.15) is 13.8 Å². The number of rotatable bonds is 2. The average Bonchev–Trinajstić information content (AvgIpc) is 1.87. The van der Waals surface area contributed by atoms with Gasteiger partial charge >= 0.3 is 0 Å². The first-order valence-electron chi connectivity index (χ1n) is 3.01. The second-order valence-electron chi connectivity index (χ2n) is 2.02. The fraction of sp³-hybridized carbons (Fsp3) is 0.250. The van der Waals surface area contributed by atoms with Crippen LogP contribution in [0.2, 0.25) is 0 Å². The molecule has 0 aromatic heterocycles. The van der Waals surface area contributed by atoms with E-state index in [0.29, 0.717) is 0 Å². The summed E-state index contributed by atoms with van der Waals surface area (Å²) >= 11 is 3.33. The van der Waals surface area contributed by atoms with Crippen LogP contribution in [0, 0.1) is 0 Å². The van der Waals surface area contributed by atoms with Crippen molar-refractivity contribution in [2.45, 2.75) is 13.8 Å². The van der Waals surface area contributed by atoms with E-state index in [1.54, 1.807) is 12.2 Å². The minimum atomic E-state index is 0.754. The van der Waals surface area contributed by atoms with Crippen molar-refractivity contribution in [1.82, 2.24) is 0 Å². The Kier molecular flexibility index (Phi) is 4.12. The second kappa shape index (κ2) is 4.34. The van der Waals surface area contributed by atoms with E-state index in [9.17, 15) is 0 Å². The molecule has 0 rings (SSSR count). The molecule has 0 saturated carbocycles. The molecule has 0 amide bonds. The van der Waals surface area contributed by atoms with Crippen LogP contribution in [-0.2, 0) is 0 Å². The average molecular weight is 202 g/mol. The van der Waals surface area contributed by atoms with Crippen LogP contribution in [0.25, 0.3) is 0 Å². The zero-order valence-corrected chi connectivity index (χ0v) is 7.90. The predicted molar refractivity (Wildman–Crippen MR) is 49.8 cm³/mol. The monoisotopic (exact) mass is 201 g/mol. The zero-order chi connectivity index (χ0) is 8.15. The Bertz CT molecular complexity index is 185. The first-order chi connectivity index (χ1) is 4.59. The molecule has 2 N–H and O–H groups in total. The maximum atomic E-state index is 5.63. The van der Waals surface area contributed by atoms with Gasteiger partial charge in [-0.3, -0.25) is 0 Å². The maximum Gasteiger partial charge on any atom is 0.0351 e. The van der Waals surface area contributed by atoms with Gasteiger partial charge in [-0.05, 0) is 30.0 Å². The first kappa shape index (κ1) is 9.50. The Morgan fingerprint density at radius 3 is 2.30 bits per heavy atom. The SMILES string of the molecule is C=C/C=C(N)\C(C)=C(/C)Br. The summed E-state index contributed by atoms with van der Waals surface area (Å²) < 4.78 is 1.06. The van der Waals surface area contributed by atoms with Gasteiger partial charge in [-0.1, -0.05) is 28.6 Å². The van der Waals surface area contributed by atoms with Crippen LogP contribution in [-0.4, -0.2) is 0 Å². The molecule has 0 fully saturated rings. The van der Waals surface area contributed by atoms with E-state index in [-0.39, 0.29) is 0 Å². The molecule has 0 atom stereocenters. The van der Waals surface area contributed by atoms with E-state index in [1.165, 1.54) is 0 Å². The molecule has 0 saturated heterocycles. The van der Waals surface area contributed by atoms with Gasteiger partial charge in [0.05, 0.1) is 0 Å². The topological polar surface area (TPSA) is 26.0 Å². The van der Waals surface area contributed by atoms with Gasteiger partial charge in [0, 0.05) is 5.70 Å². The van der Waals surface area contributed by atoms with Crippen molar-refractivity contribution in [2.24, 2.45) is 5.73 Å². The van der Waals surface area contributed by atoms with Crippen molar-refractivity contribution >= 4 is 15.9 Å². The molecule has 56 valence electrons. The number of allylic oxidation sites excluding steroid dienone is 4. The van der Waals surface area contributed by atoms with Crippen molar-refractivity contribution in [1.29, 1.82) is 0 Å². The van der Waals surface area contributed by atoms with Crippen molar-refractivity contribution in [2.75, 3.05) is 0 Å². The first-order valence-corrected chi connectivity index (χ1v) is 3.80. The fourth-order valence-electron chi connectivity index (χ4n) is 0.451. The van der Waals surface area contributed by atoms with Crippen molar-refractivity contribution in [3.05, 3.63) is 34.5 Å². The minimum absolute atomic E-state index is 0.754. The molecule has 0 aliphatic rings. The fourth-order valence-corrected chi connectivity index (χ4v) is 0.680. The van der Waals surface area contributed by atoms with Crippen LogP contribution in [0.5, 0.6) is 0 Å². The number of nitrogens with two attached hydrogens (primary N) is 1. The van der Waals surface area contributed by atoms with E-state index in [4.69, 9.17) is 5.73 Å². The molecule has 0 heterocycles. The van der Waals surface area contributed by atoms with Crippen molar-refractivity contribution in [3.8, 4) is 0 Å². The van der Waals surface area contributed by atoms with Gasteiger partial charge in [0.2, 0.25) is 0 Å². The maximum absolute atomic E-state index is 5.63. The molecule has 2 heteroatoms. The lowest BCUT2D eigenvalue weighted by Crippen LogP contribution is -1.98. The van der Waals surface area contributed by atoms with Gasteiger partial charge in [0.15, 0.2) is 0 Å². The highest BCUT2D eigenvalue weighted by molar-refractivity contribution is 9.11. The number of hydrogen-bond acceptors (Lipinski definition) is 1. The lowest BCUT2D eigenvalue weighted by atomic mass is 10.2. The normalized spacial score (nSPS) is 14.5. The van der Waals surface area contributed by atoms with Gasteiger partial charge in [-0.15, -0.1) is 0 Å². The van der Waals surface area contributed by atoms with E-state index in [1.807, 2.05) is 13.8 Å². The summed E-state index contributed by atoms with van der Waals surface area (Å²) in [5.41, 5.74) is 7.44. The number of hydrogen-bond donors (Lipinski definition) is 1. The quantitative estimate of drug-likeness (QED) is 0.684. The minimum Gasteiger partial charge on any atom is -0.398 e.